The molecule has 4 heteroatoms. The molecule has 0 fully saturated rings. The van der Waals surface area contributed by atoms with Crippen LogP contribution in [0.15, 0.2) is 42.5 Å². The van der Waals surface area contributed by atoms with Crippen LogP contribution in [-0.2, 0) is 4.79 Å². The van der Waals surface area contributed by atoms with E-state index in [-0.39, 0.29) is 11.7 Å². The van der Waals surface area contributed by atoms with Gasteiger partial charge in [0.1, 0.15) is 11.6 Å². The van der Waals surface area contributed by atoms with Crippen molar-refractivity contribution in [2.45, 2.75) is 26.9 Å². The van der Waals surface area contributed by atoms with E-state index < -0.39 is 6.10 Å². The van der Waals surface area contributed by atoms with Crippen LogP contribution in [0.3, 0.4) is 0 Å². The molecule has 0 heterocycles. The number of benzene rings is 2. The Hall–Kier alpha value is -2.36. The van der Waals surface area contributed by atoms with Crippen molar-refractivity contribution in [3.8, 4) is 5.75 Å². The molecule has 0 radical (unpaired) electrons. The molecule has 3 nitrogen and oxygen atoms in total. The first-order valence-corrected chi connectivity index (χ1v) is 6.76. The van der Waals surface area contributed by atoms with Crippen LogP contribution in [0.1, 0.15) is 18.1 Å². The summed E-state index contributed by atoms with van der Waals surface area (Å²) >= 11 is 0. The number of carbonyl (C=O) groups is 1. The van der Waals surface area contributed by atoms with Gasteiger partial charge in [-0.2, -0.15) is 0 Å². The lowest BCUT2D eigenvalue weighted by molar-refractivity contribution is -0.122. The summed E-state index contributed by atoms with van der Waals surface area (Å²) in [6.45, 7) is 5.44. The third-order valence-corrected chi connectivity index (χ3v) is 3.16. The van der Waals surface area contributed by atoms with Crippen molar-refractivity contribution in [2.75, 3.05) is 5.32 Å². The molecule has 1 atom stereocenters. The highest BCUT2D eigenvalue weighted by Gasteiger charge is 2.16. The third kappa shape index (κ3) is 4.05. The van der Waals surface area contributed by atoms with Gasteiger partial charge >= 0.3 is 0 Å². The normalized spacial score (nSPS) is 11.8. The maximum atomic E-state index is 13.2. The number of aryl methyl sites for hydroxylation is 2. The number of ether oxygens (including phenoxy) is 1. The number of rotatable bonds is 4. The molecule has 1 N–H and O–H groups in total. The van der Waals surface area contributed by atoms with Gasteiger partial charge in [0.05, 0.1) is 0 Å². The predicted molar refractivity (Wildman–Crippen MR) is 81.0 cm³/mol. The molecule has 2 aromatic rings. The highest BCUT2D eigenvalue weighted by molar-refractivity contribution is 5.94. The largest absolute Gasteiger partial charge is 0.481 e. The van der Waals surface area contributed by atoms with E-state index in [9.17, 15) is 9.18 Å². The number of halogens is 1. The Morgan fingerprint density at radius 1 is 1.14 bits per heavy atom. The van der Waals surface area contributed by atoms with Gasteiger partial charge in [0, 0.05) is 5.69 Å². The van der Waals surface area contributed by atoms with E-state index in [0.717, 1.165) is 11.1 Å². The molecule has 0 aliphatic carbocycles. The second kappa shape index (κ2) is 6.39. The lowest BCUT2D eigenvalue weighted by Crippen LogP contribution is -2.30. The summed E-state index contributed by atoms with van der Waals surface area (Å²) in [5.74, 6) is -0.0773. The molecular weight excluding hydrogens is 269 g/mol. The quantitative estimate of drug-likeness (QED) is 0.927. The molecule has 0 spiro atoms. The number of hydrogen-bond donors (Lipinski definition) is 1. The minimum absolute atomic E-state index is 0.315. The lowest BCUT2D eigenvalue weighted by atomic mass is 10.2. The van der Waals surface area contributed by atoms with Gasteiger partial charge in [-0.15, -0.1) is 0 Å². The second-order valence-electron chi connectivity index (χ2n) is 5.02. The minimum atomic E-state index is -0.671. The van der Waals surface area contributed by atoms with Gasteiger partial charge in [-0.3, -0.25) is 4.79 Å². The van der Waals surface area contributed by atoms with Gasteiger partial charge in [-0.25, -0.2) is 4.39 Å². The number of anilines is 1. The topological polar surface area (TPSA) is 38.3 Å². The second-order valence-corrected chi connectivity index (χ2v) is 5.02. The minimum Gasteiger partial charge on any atom is -0.481 e. The van der Waals surface area contributed by atoms with Crippen molar-refractivity contribution in [2.24, 2.45) is 0 Å². The smallest absolute Gasteiger partial charge is 0.265 e. The van der Waals surface area contributed by atoms with Crippen LogP contribution in [0, 0.1) is 19.7 Å². The van der Waals surface area contributed by atoms with Gasteiger partial charge < -0.3 is 10.1 Å². The van der Waals surface area contributed by atoms with Crippen LogP contribution in [0.5, 0.6) is 5.75 Å². The van der Waals surface area contributed by atoms with Crippen molar-refractivity contribution >= 4 is 11.6 Å². The van der Waals surface area contributed by atoms with E-state index in [1.165, 1.54) is 12.1 Å². The summed E-state index contributed by atoms with van der Waals surface area (Å²) in [4.78, 5) is 12.1. The van der Waals surface area contributed by atoms with E-state index in [4.69, 9.17) is 4.74 Å². The Balaban J connectivity index is 2.02. The Morgan fingerprint density at radius 3 is 2.48 bits per heavy atom. The summed E-state index contributed by atoms with van der Waals surface area (Å²) in [7, 11) is 0. The van der Waals surface area contributed by atoms with E-state index in [2.05, 4.69) is 5.32 Å². The third-order valence-electron chi connectivity index (χ3n) is 3.16. The molecule has 110 valence electrons. The standard InChI is InChI=1S/C17H18FNO2/c1-11-4-8-15(9-5-11)21-13(3)17(20)19-16-10-14(18)7-6-12(16)2/h4-10,13H,1-3H3,(H,19,20). The van der Waals surface area contributed by atoms with Crippen LogP contribution in [0.2, 0.25) is 0 Å². The number of amides is 1. The molecule has 2 aromatic carbocycles. The van der Waals surface area contributed by atoms with Crippen LogP contribution < -0.4 is 10.1 Å². The predicted octanol–water partition coefficient (Wildman–Crippen LogP) is 3.85. The maximum Gasteiger partial charge on any atom is 0.265 e. The van der Waals surface area contributed by atoms with Gasteiger partial charge in [-0.1, -0.05) is 23.8 Å². The van der Waals surface area contributed by atoms with Gasteiger partial charge in [-0.05, 0) is 50.6 Å². The van der Waals surface area contributed by atoms with Crippen LogP contribution in [0.4, 0.5) is 10.1 Å². The van der Waals surface area contributed by atoms with Crippen molar-refractivity contribution in [1.29, 1.82) is 0 Å². The summed E-state index contributed by atoms with van der Waals surface area (Å²) < 4.78 is 18.8. The molecule has 2 rings (SSSR count). The summed E-state index contributed by atoms with van der Waals surface area (Å²) in [5.41, 5.74) is 2.38. The molecule has 21 heavy (non-hydrogen) atoms. The first-order valence-electron chi connectivity index (χ1n) is 6.76. The average molecular weight is 287 g/mol. The number of nitrogens with one attached hydrogen (secondary N) is 1. The van der Waals surface area contributed by atoms with Crippen LogP contribution in [-0.4, -0.2) is 12.0 Å². The van der Waals surface area contributed by atoms with E-state index >= 15 is 0 Å². The zero-order valence-electron chi connectivity index (χ0n) is 12.3. The monoisotopic (exact) mass is 287 g/mol. The summed E-state index contributed by atoms with van der Waals surface area (Å²) in [6, 6.07) is 11.7. The highest BCUT2D eigenvalue weighted by Crippen LogP contribution is 2.18. The van der Waals surface area contributed by atoms with E-state index in [1.54, 1.807) is 19.9 Å². The molecule has 0 aliphatic rings. The van der Waals surface area contributed by atoms with Crippen molar-refractivity contribution in [1.82, 2.24) is 0 Å². The fourth-order valence-corrected chi connectivity index (χ4v) is 1.84. The number of hydrogen-bond acceptors (Lipinski definition) is 2. The van der Waals surface area contributed by atoms with Gasteiger partial charge in [0.2, 0.25) is 0 Å². The Kier molecular flexibility index (Phi) is 4.58. The van der Waals surface area contributed by atoms with Gasteiger partial charge in [0.15, 0.2) is 6.10 Å². The summed E-state index contributed by atoms with van der Waals surface area (Å²) in [5, 5.41) is 2.68. The maximum absolute atomic E-state index is 13.2. The first-order chi connectivity index (χ1) is 9.95. The van der Waals surface area contributed by atoms with E-state index in [0.29, 0.717) is 11.4 Å². The first kappa shape index (κ1) is 15.0. The molecule has 0 aliphatic heterocycles. The SMILES string of the molecule is Cc1ccc(OC(C)C(=O)Nc2cc(F)ccc2C)cc1. The van der Waals surface area contributed by atoms with Crippen molar-refractivity contribution < 1.29 is 13.9 Å². The fraction of sp³-hybridized carbons (Fsp3) is 0.235. The highest BCUT2D eigenvalue weighted by atomic mass is 19.1. The Labute approximate surface area is 123 Å². The molecule has 0 saturated heterocycles. The average Bonchev–Trinajstić information content (AvgIpc) is 2.45. The molecule has 1 amide bonds. The Morgan fingerprint density at radius 2 is 1.81 bits per heavy atom. The molecule has 0 saturated carbocycles. The fourth-order valence-electron chi connectivity index (χ4n) is 1.84. The molecular formula is C17H18FNO2. The van der Waals surface area contributed by atoms with Crippen molar-refractivity contribution in [3.63, 3.8) is 0 Å². The summed E-state index contributed by atoms with van der Waals surface area (Å²) in [6.07, 6.45) is -0.671. The van der Waals surface area contributed by atoms with Crippen molar-refractivity contribution in [3.05, 3.63) is 59.4 Å². The molecule has 0 bridgehead atoms. The number of carbonyl (C=O) groups excluding carboxylic acids is 1. The van der Waals surface area contributed by atoms with E-state index in [1.807, 2.05) is 31.2 Å². The van der Waals surface area contributed by atoms with Gasteiger partial charge in [0.25, 0.3) is 5.91 Å². The lowest BCUT2D eigenvalue weighted by Gasteiger charge is -2.16. The molecule has 0 aromatic heterocycles. The van der Waals surface area contributed by atoms with Crippen LogP contribution in [0.25, 0.3) is 0 Å². The zero-order chi connectivity index (χ0) is 15.4. The zero-order valence-corrected chi connectivity index (χ0v) is 12.3. The Bertz CT molecular complexity index is 638. The molecule has 1 unspecified atom stereocenters. The van der Waals surface area contributed by atoms with Crippen LogP contribution >= 0.6 is 0 Å².